The summed E-state index contributed by atoms with van der Waals surface area (Å²) in [5, 5.41) is 0. The molecular weight excluding hydrogens is 390 g/mol. The van der Waals surface area contributed by atoms with E-state index < -0.39 is 5.97 Å². The van der Waals surface area contributed by atoms with Crippen molar-refractivity contribution in [2.24, 2.45) is 10.9 Å². The summed E-state index contributed by atoms with van der Waals surface area (Å²) in [6.45, 7) is 2.29. The van der Waals surface area contributed by atoms with Crippen molar-refractivity contribution in [1.82, 2.24) is 0 Å². The van der Waals surface area contributed by atoms with Crippen molar-refractivity contribution in [2.45, 2.75) is 44.9 Å². The van der Waals surface area contributed by atoms with Crippen LogP contribution >= 0.6 is 0 Å². The van der Waals surface area contributed by atoms with Gasteiger partial charge in [0, 0.05) is 17.2 Å². The SMILES string of the molecule is CCC1CCC(c2ccc(C3=N/C(=C/c4ccc(OC)cc4OC)C(=O)O3)cc2)CC1. The lowest BCUT2D eigenvalue weighted by Gasteiger charge is -2.28. The van der Waals surface area contributed by atoms with Crippen LogP contribution in [0.4, 0.5) is 0 Å². The Morgan fingerprint density at radius 2 is 1.77 bits per heavy atom. The van der Waals surface area contributed by atoms with Crippen LogP contribution in [0.15, 0.2) is 53.2 Å². The number of benzene rings is 2. The van der Waals surface area contributed by atoms with E-state index in [9.17, 15) is 4.79 Å². The topological polar surface area (TPSA) is 57.1 Å². The largest absolute Gasteiger partial charge is 0.497 e. The van der Waals surface area contributed by atoms with Gasteiger partial charge < -0.3 is 14.2 Å². The van der Waals surface area contributed by atoms with Crippen LogP contribution in [0.1, 0.15) is 61.6 Å². The van der Waals surface area contributed by atoms with Crippen molar-refractivity contribution < 1.29 is 19.0 Å². The Morgan fingerprint density at radius 3 is 2.42 bits per heavy atom. The first kappa shape index (κ1) is 21.2. The zero-order valence-electron chi connectivity index (χ0n) is 18.4. The van der Waals surface area contributed by atoms with E-state index in [-0.39, 0.29) is 5.70 Å². The minimum atomic E-state index is -0.463. The van der Waals surface area contributed by atoms with E-state index >= 15 is 0 Å². The number of hydrogen-bond acceptors (Lipinski definition) is 5. The molecule has 0 spiro atoms. The monoisotopic (exact) mass is 419 g/mol. The molecule has 5 heteroatoms. The molecule has 1 fully saturated rings. The van der Waals surface area contributed by atoms with Gasteiger partial charge in [-0.15, -0.1) is 0 Å². The second-order valence-electron chi connectivity index (χ2n) is 8.19. The van der Waals surface area contributed by atoms with Gasteiger partial charge in [0.2, 0.25) is 5.90 Å². The number of hydrogen-bond donors (Lipinski definition) is 0. The van der Waals surface area contributed by atoms with Gasteiger partial charge >= 0.3 is 5.97 Å². The van der Waals surface area contributed by atoms with Crippen molar-refractivity contribution >= 4 is 17.9 Å². The molecule has 0 amide bonds. The quantitative estimate of drug-likeness (QED) is 0.443. The molecule has 31 heavy (non-hydrogen) atoms. The summed E-state index contributed by atoms with van der Waals surface area (Å²) in [4.78, 5) is 16.8. The summed E-state index contributed by atoms with van der Waals surface area (Å²) in [5.41, 5.74) is 3.16. The fraction of sp³-hybridized carbons (Fsp3) is 0.385. The van der Waals surface area contributed by atoms with Gasteiger partial charge in [-0.05, 0) is 73.4 Å². The molecular formula is C26H29NO4. The highest BCUT2D eigenvalue weighted by atomic mass is 16.6. The first-order chi connectivity index (χ1) is 15.1. The lowest BCUT2D eigenvalue weighted by Crippen LogP contribution is -2.13. The highest BCUT2D eigenvalue weighted by Crippen LogP contribution is 2.37. The fourth-order valence-electron chi connectivity index (χ4n) is 4.42. The van der Waals surface area contributed by atoms with E-state index in [0.29, 0.717) is 23.3 Å². The zero-order chi connectivity index (χ0) is 21.8. The number of nitrogens with zero attached hydrogens (tertiary/aromatic N) is 1. The van der Waals surface area contributed by atoms with E-state index in [1.807, 2.05) is 24.3 Å². The van der Waals surface area contributed by atoms with Gasteiger partial charge in [0.25, 0.3) is 0 Å². The number of ether oxygens (including phenoxy) is 3. The second kappa shape index (κ2) is 9.38. The third kappa shape index (κ3) is 4.66. The third-order valence-electron chi connectivity index (χ3n) is 6.41. The number of carbonyl (C=O) groups is 1. The molecule has 0 radical (unpaired) electrons. The molecule has 162 valence electrons. The number of aliphatic imine (C=N–C) groups is 1. The molecule has 1 saturated carbocycles. The van der Waals surface area contributed by atoms with E-state index in [1.54, 1.807) is 26.4 Å². The van der Waals surface area contributed by atoms with Crippen LogP contribution in [0.5, 0.6) is 11.5 Å². The summed E-state index contributed by atoms with van der Waals surface area (Å²) in [7, 11) is 3.17. The number of carbonyl (C=O) groups excluding carboxylic acids is 1. The number of cyclic esters (lactones) is 1. The summed E-state index contributed by atoms with van der Waals surface area (Å²) in [5.74, 6) is 2.67. The first-order valence-electron chi connectivity index (χ1n) is 11.0. The van der Waals surface area contributed by atoms with Crippen molar-refractivity contribution in [1.29, 1.82) is 0 Å². The molecule has 0 aromatic heterocycles. The minimum absolute atomic E-state index is 0.250. The average Bonchev–Trinajstić information content (AvgIpc) is 3.19. The minimum Gasteiger partial charge on any atom is -0.497 e. The molecule has 5 nitrogen and oxygen atoms in total. The van der Waals surface area contributed by atoms with Crippen LogP contribution in [0.2, 0.25) is 0 Å². The van der Waals surface area contributed by atoms with Crippen LogP contribution in [-0.4, -0.2) is 26.1 Å². The van der Waals surface area contributed by atoms with Gasteiger partial charge in [0.1, 0.15) is 11.5 Å². The molecule has 0 N–H and O–H groups in total. The van der Waals surface area contributed by atoms with Crippen molar-refractivity contribution in [3.8, 4) is 11.5 Å². The van der Waals surface area contributed by atoms with Gasteiger partial charge in [-0.1, -0.05) is 25.5 Å². The molecule has 1 aliphatic heterocycles. The van der Waals surface area contributed by atoms with Crippen LogP contribution in [-0.2, 0) is 9.53 Å². The number of methoxy groups -OCH3 is 2. The molecule has 0 saturated heterocycles. The van der Waals surface area contributed by atoms with E-state index in [4.69, 9.17) is 14.2 Å². The Balaban J connectivity index is 1.51. The predicted octanol–water partition coefficient (Wildman–Crippen LogP) is 5.73. The third-order valence-corrected chi connectivity index (χ3v) is 6.41. The molecule has 4 rings (SSSR count). The summed E-state index contributed by atoms with van der Waals surface area (Å²) < 4.78 is 16.1. The summed E-state index contributed by atoms with van der Waals surface area (Å²) in [6.07, 6.45) is 8.10. The van der Waals surface area contributed by atoms with Crippen molar-refractivity contribution in [3.05, 3.63) is 64.9 Å². The van der Waals surface area contributed by atoms with E-state index in [1.165, 1.54) is 37.7 Å². The lowest BCUT2D eigenvalue weighted by molar-refractivity contribution is -0.129. The Labute approximate surface area is 183 Å². The summed E-state index contributed by atoms with van der Waals surface area (Å²) >= 11 is 0. The Hall–Kier alpha value is -3.08. The first-order valence-corrected chi connectivity index (χ1v) is 11.0. The van der Waals surface area contributed by atoms with Crippen molar-refractivity contribution in [2.75, 3.05) is 14.2 Å². The van der Waals surface area contributed by atoms with Gasteiger partial charge in [-0.2, -0.15) is 0 Å². The predicted molar refractivity (Wildman–Crippen MR) is 122 cm³/mol. The molecule has 1 aliphatic carbocycles. The molecule has 0 unspecified atom stereocenters. The van der Waals surface area contributed by atoms with Crippen LogP contribution in [0.25, 0.3) is 6.08 Å². The van der Waals surface area contributed by atoms with Crippen LogP contribution in [0.3, 0.4) is 0 Å². The van der Waals surface area contributed by atoms with Crippen LogP contribution < -0.4 is 9.47 Å². The standard InChI is InChI=1S/C26H29NO4/c1-4-17-5-7-18(8-6-17)19-9-11-20(12-10-19)25-27-23(26(28)31-25)15-21-13-14-22(29-2)16-24(21)30-3/h9-18H,4-8H2,1-3H3/b23-15+. The second-order valence-corrected chi connectivity index (χ2v) is 8.19. The molecule has 0 bridgehead atoms. The van der Waals surface area contributed by atoms with E-state index in [0.717, 1.165) is 17.0 Å². The molecule has 1 heterocycles. The van der Waals surface area contributed by atoms with Gasteiger partial charge in [0.05, 0.1) is 14.2 Å². The Kier molecular flexibility index (Phi) is 6.40. The molecule has 2 aromatic carbocycles. The zero-order valence-corrected chi connectivity index (χ0v) is 18.4. The van der Waals surface area contributed by atoms with Gasteiger partial charge in [0.15, 0.2) is 5.70 Å². The fourth-order valence-corrected chi connectivity index (χ4v) is 4.42. The molecule has 2 aliphatic rings. The highest BCUT2D eigenvalue weighted by Gasteiger charge is 2.26. The van der Waals surface area contributed by atoms with Gasteiger partial charge in [-0.3, -0.25) is 0 Å². The van der Waals surface area contributed by atoms with Crippen LogP contribution in [0, 0.1) is 5.92 Å². The van der Waals surface area contributed by atoms with Gasteiger partial charge in [-0.25, -0.2) is 9.79 Å². The maximum absolute atomic E-state index is 12.4. The maximum atomic E-state index is 12.4. The molecule has 2 aromatic rings. The normalized spacial score (nSPS) is 22.2. The number of esters is 1. The highest BCUT2D eigenvalue weighted by molar-refractivity contribution is 6.13. The number of rotatable bonds is 6. The summed E-state index contributed by atoms with van der Waals surface area (Å²) in [6, 6.07) is 13.7. The average molecular weight is 420 g/mol. The molecule has 0 atom stereocenters. The van der Waals surface area contributed by atoms with E-state index in [2.05, 4.69) is 24.0 Å². The smallest absolute Gasteiger partial charge is 0.363 e. The maximum Gasteiger partial charge on any atom is 0.363 e. The Morgan fingerprint density at radius 1 is 1.03 bits per heavy atom. The lowest BCUT2D eigenvalue weighted by atomic mass is 9.78. The Bertz CT molecular complexity index is 999. The van der Waals surface area contributed by atoms with Crippen molar-refractivity contribution in [3.63, 3.8) is 0 Å².